The van der Waals surface area contributed by atoms with E-state index in [1.807, 2.05) is 18.2 Å². The van der Waals surface area contributed by atoms with Crippen LogP contribution in [-0.2, 0) is 5.41 Å². The molecule has 102 valence electrons. The summed E-state index contributed by atoms with van der Waals surface area (Å²) in [5.41, 5.74) is 7.73. The van der Waals surface area contributed by atoms with Crippen LogP contribution in [0.4, 0.5) is 0 Å². The fourth-order valence-electron chi connectivity index (χ4n) is 3.29. The molecule has 0 bridgehead atoms. The molecule has 20 heavy (non-hydrogen) atoms. The van der Waals surface area contributed by atoms with Crippen molar-refractivity contribution in [1.29, 1.82) is 0 Å². The zero-order valence-electron chi connectivity index (χ0n) is 11.2. The Labute approximate surface area is 118 Å². The second kappa shape index (κ2) is 5.04. The lowest BCUT2D eigenvalue weighted by atomic mass is 9.74. The number of amides is 1. The van der Waals surface area contributed by atoms with Gasteiger partial charge in [-0.2, -0.15) is 0 Å². The van der Waals surface area contributed by atoms with Gasteiger partial charge in [-0.15, -0.1) is 0 Å². The lowest BCUT2D eigenvalue weighted by Crippen LogP contribution is -2.29. The zero-order chi connectivity index (χ0) is 14.0. The van der Waals surface area contributed by atoms with Crippen molar-refractivity contribution in [2.75, 3.05) is 0 Å². The van der Waals surface area contributed by atoms with Crippen LogP contribution in [0, 0.1) is 0 Å². The number of carbonyl (C=O) groups is 1. The average molecular weight is 267 g/mol. The number of benzene rings is 1. The van der Waals surface area contributed by atoms with E-state index in [2.05, 4.69) is 22.1 Å². The maximum absolute atomic E-state index is 11.7. The molecule has 0 atom stereocenters. The van der Waals surface area contributed by atoms with Crippen molar-refractivity contribution in [3.63, 3.8) is 0 Å². The van der Waals surface area contributed by atoms with Gasteiger partial charge in [0.2, 0.25) is 0 Å². The van der Waals surface area contributed by atoms with Gasteiger partial charge in [0.15, 0.2) is 0 Å². The molecule has 3 rings (SSSR count). The van der Waals surface area contributed by atoms with Gasteiger partial charge in [0, 0.05) is 11.6 Å². The van der Waals surface area contributed by atoms with Gasteiger partial charge < -0.3 is 5.73 Å². The van der Waals surface area contributed by atoms with E-state index in [-0.39, 0.29) is 5.41 Å². The summed E-state index contributed by atoms with van der Waals surface area (Å²) < 4.78 is 0. The number of rotatable bonds is 3. The molecule has 0 aliphatic heterocycles. The Morgan fingerprint density at radius 3 is 2.50 bits per heavy atom. The quantitative estimate of drug-likeness (QED) is 0.928. The van der Waals surface area contributed by atoms with E-state index in [0.717, 1.165) is 31.4 Å². The van der Waals surface area contributed by atoms with Crippen LogP contribution in [0.1, 0.15) is 47.3 Å². The molecule has 0 spiro atoms. The van der Waals surface area contributed by atoms with E-state index >= 15 is 0 Å². The van der Waals surface area contributed by atoms with Gasteiger partial charge in [0.05, 0.1) is 11.3 Å². The maximum atomic E-state index is 11.7. The van der Waals surface area contributed by atoms with Crippen molar-refractivity contribution in [2.24, 2.45) is 5.73 Å². The van der Waals surface area contributed by atoms with Crippen LogP contribution in [0.2, 0.25) is 0 Å². The fourth-order valence-corrected chi connectivity index (χ4v) is 3.29. The number of nitrogens with zero attached hydrogens (tertiary/aromatic N) is 2. The highest BCUT2D eigenvalue weighted by Gasteiger charge is 2.40. The van der Waals surface area contributed by atoms with E-state index in [9.17, 15) is 4.79 Å². The Kier molecular flexibility index (Phi) is 3.22. The van der Waals surface area contributed by atoms with Gasteiger partial charge in [-0.3, -0.25) is 4.79 Å². The molecule has 1 aromatic carbocycles. The highest BCUT2D eigenvalue weighted by Crippen LogP contribution is 2.46. The molecular weight excluding hydrogens is 250 g/mol. The Balaban J connectivity index is 2.20. The third-order valence-electron chi connectivity index (χ3n) is 4.21. The van der Waals surface area contributed by atoms with Crippen LogP contribution >= 0.6 is 0 Å². The largest absolute Gasteiger partial charge is 0.365 e. The Morgan fingerprint density at radius 2 is 1.85 bits per heavy atom. The molecule has 1 aliphatic carbocycles. The maximum Gasteiger partial charge on any atom is 0.252 e. The molecule has 0 radical (unpaired) electrons. The van der Waals surface area contributed by atoms with Crippen molar-refractivity contribution in [1.82, 2.24) is 9.97 Å². The molecule has 0 saturated heterocycles. The number of aromatic nitrogens is 2. The molecule has 0 unspecified atom stereocenters. The van der Waals surface area contributed by atoms with E-state index in [4.69, 9.17) is 5.73 Å². The van der Waals surface area contributed by atoms with Crippen molar-refractivity contribution >= 4 is 5.91 Å². The van der Waals surface area contributed by atoms with Crippen LogP contribution in [0.5, 0.6) is 0 Å². The van der Waals surface area contributed by atoms with Crippen molar-refractivity contribution < 1.29 is 4.79 Å². The van der Waals surface area contributed by atoms with Gasteiger partial charge in [0.1, 0.15) is 6.33 Å². The summed E-state index contributed by atoms with van der Waals surface area (Å²) in [6, 6.07) is 10.3. The summed E-state index contributed by atoms with van der Waals surface area (Å²) in [7, 11) is 0. The third-order valence-corrected chi connectivity index (χ3v) is 4.21. The smallest absolute Gasteiger partial charge is 0.252 e. The van der Waals surface area contributed by atoms with E-state index in [1.165, 1.54) is 18.1 Å². The second-order valence-corrected chi connectivity index (χ2v) is 5.30. The number of carbonyl (C=O) groups excluding carboxylic acids is 1. The first kappa shape index (κ1) is 12.8. The highest BCUT2D eigenvalue weighted by molar-refractivity contribution is 5.94. The molecule has 2 aromatic rings. The van der Waals surface area contributed by atoms with Crippen molar-refractivity contribution in [3.05, 3.63) is 59.7 Å². The van der Waals surface area contributed by atoms with Crippen LogP contribution in [-0.4, -0.2) is 15.9 Å². The van der Waals surface area contributed by atoms with Crippen LogP contribution in [0.3, 0.4) is 0 Å². The summed E-state index contributed by atoms with van der Waals surface area (Å²) in [4.78, 5) is 20.1. The highest BCUT2D eigenvalue weighted by atomic mass is 16.1. The molecule has 1 aromatic heterocycles. The number of nitrogens with two attached hydrogens (primary N) is 1. The molecule has 1 aliphatic rings. The van der Waals surface area contributed by atoms with Gasteiger partial charge in [-0.05, 0) is 18.4 Å². The first-order valence-corrected chi connectivity index (χ1v) is 6.90. The Bertz CT molecular complexity index is 619. The first-order chi connectivity index (χ1) is 9.74. The average Bonchev–Trinajstić information content (AvgIpc) is 2.99. The summed E-state index contributed by atoms with van der Waals surface area (Å²) in [5.74, 6) is -0.456. The molecule has 2 N–H and O–H groups in total. The lowest BCUT2D eigenvalue weighted by Gasteiger charge is -2.30. The van der Waals surface area contributed by atoms with Crippen LogP contribution in [0.15, 0.2) is 42.9 Å². The first-order valence-electron chi connectivity index (χ1n) is 6.90. The second-order valence-electron chi connectivity index (χ2n) is 5.30. The number of primary amides is 1. The molecule has 4 heteroatoms. The monoisotopic (exact) mass is 267 g/mol. The summed E-state index contributed by atoms with van der Waals surface area (Å²) in [5, 5.41) is 0. The molecule has 1 saturated carbocycles. The van der Waals surface area contributed by atoms with Crippen LogP contribution < -0.4 is 5.73 Å². The predicted molar refractivity (Wildman–Crippen MR) is 76.2 cm³/mol. The van der Waals surface area contributed by atoms with Gasteiger partial charge >= 0.3 is 0 Å². The minimum absolute atomic E-state index is 0.200. The number of hydrogen-bond acceptors (Lipinski definition) is 3. The SMILES string of the molecule is NC(=O)c1cncnc1C1(c2ccccc2)CCCC1. The zero-order valence-corrected chi connectivity index (χ0v) is 11.2. The van der Waals surface area contributed by atoms with Crippen molar-refractivity contribution in [2.45, 2.75) is 31.1 Å². The molecule has 4 nitrogen and oxygen atoms in total. The number of hydrogen-bond donors (Lipinski definition) is 1. The minimum Gasteiger partial charge on any atom is -0.365 e. The normalized spacial score (nSPS) is 17.0. The topological polar surface area (TPSA) is 68.9 Å². The van der Waals surface area contributed by atoms with E-state index in [1.54, 1.807) is 0 Å². The fraction of sp³-hybridized carbons (Fsp3) is 0.312. The van der Waals surface area contributed by atoms with Crippen molar-refractivity contribution in [3.8, 4) is 0 Å². The molecule has 1 fully saturated rings. The summed E-state index contributed by atoms with van der Waals surface area (Å²) >= 11 is 0. The lowest BCUT2D eigenvalue weighted by molar-refractivity contribution is 0.0997. The van der Waals surface area contributed by atoms with Gasteiger partial charge in [-0.25, -0.2) is 9.97 Å². The standard InChI is InChI=1S/C16H17N3O/c17-15(20)13-10-18-11-19-14(13)16(8-4-5-9-16)12-6-2-1-3-7-12/h1-3,6-7,10-11H,4-5,8-9H2,(H2,17,20). The predicted octanol–water partition coefficient (Wildman–Crippen LogP) is 2.44. The minimum atomic E-state index is -0.456. The molecule has 1 amide bonds. The Morgan fingerprint density at radius 1 is 1.15 bits per heavy atom. The summed E-state index contributed by atoms with van der Waals surface area (Å²) in [6.45, 7) is 0. The summed E-state index contributed by atoms with van der Waals surface area (Å²) in [6.07, 6.45) is 7.30. The van der Waals surface area contributed by atoms with Gasteiger partial charge in [0.25, 0.3) is 5.91 Å². The van der Waals surface area contributed by atoms with E-state index in [0.29, 0.717) is 5.56 Å². The molecular formula is C16H17N3O. The third kappa shape index (κ3) is 1.97. The Hall–Kier alpha value is -2.23. The van der Waals surface area contributed by atoms with Gasteiger partial charge in [-0.1, -0.05) is 43.2 Å². The molecule has 1 heterocycles. The van der Waals surface area contributed by atoms with E-state index < -0.39 is 5.91 Å². The van der Waals surface area contributed by atoms with Crippen LogP contribution in [0.25, 0.3) is 0 Å².